The summed E-state index contributed by atoms with van der Waals surface area (Å²) in [5.41, 5.74) is 0.571. The van der Waals surface area contributed by atoms with E-state index in [2.05, 4.69) is 0 Å². The lowest BCUT2D eigenvalue weighted by molar-refractivity contribution is -0.140. The van der Waals surface area contributed by atoms with E-state index in [-0.39, 0.29) is 17.8 Å². The van der Waals surface area contributed by atoms with Gasteiger partial charge in [-0.05, 0) is 50.3 Å². The highest BCUT2D eigenvalue weighted by atomic mass is 32.1. The van der Waals surface area contributed by atoms with Gasteiger partial charge in [0.15, 0.2) is 11.9 Å². The first-order chi connectivity index (χ1) is 13.0. The molecule has 0 radical (unpaired) electrons. The molecule has 1 fully saturated rings. The molecule has 1 aliphatic heterocycles. The van der Waals surface area contributed by atoms with Crippen LogP contribution in [0.2, 0.25) is 0 Å². The molecule has 0 aliphatic carbocycles. The second-order valence-corrected chi connectivity index (χ2v) is 7.81. The molecule has 3 rings (SSSR count). The monoisotopic (exact) mass is 387 g/mol. The molecule has 1 aromatic carbocycles. The molecule has 1 amide bonds. The molecule has 2 atom stereocenters. The van der Waals surface area contributed by atoms with Crippen molar-refractivity contribution in [2.75, 3.05) is 13.2 Å². The summed E-state index contributed by atoms with van der Waals surface area (Å²) in [6.45, 7) is 5.14. The van der Waals surface area contributed by atoms with Crippen LogP contribution in [0.4, 0.5) is 0 Å². The van der Waals surface area contributed by atoms with Crippen LogP contribution in [-0.4, -0.2) is 41.9 Å². The molecule has 27 heavy (non-hydrogen) atoms. The van der Waals surface area contributed by atoms with Crippen LogP contribution >= 0.6 is 11.3 Å². The van der Waals surface area contributed by atoms with Crippen molar-refractivity contribution in [1.82, 2.24) is 4.90 Å². The highest BCUT2D eigenvalue weighted by molar-refractivity contribution is 7.09. The Morgan fingerprint density at radius 1 is 1.33 bits per heavy atom. The number of benzene rings is 1. The van der Waals surface area contributed by atoms with E-state index in [1.807, 2.05) is 22.4 Å². The van der Waals surface area contributed by atoms with Gasteiger partial charge in [-0.3, -0.25) is 9.59 Å². The van der Waals surface area contributed by atoms with Crippen LogP contribution in [0.3, 0.4) is 0 Å². The Labute approximate surface area is 163 Å². The molecule has 2 aromatic rings. The molecular weight excluding hydrogens is 362 g/mol. The molecule has 0 N–H and O–H groups in total. The Balaban J connectivity index is 1.69. The van der Waals surface area contributed by atoms with Gasteiger partial charge in [-0.2, -0.15) is 0 Å². The van der Waals surface area contributed by atoms with E-state index in [0.717, 1.165) is 24.3 Å². The Bertz CT molecular complexity index is 768. The fourth-order valence-electron chi connectivity index (χ4n) is 3.16. The van der Waals surface area contributed by atoms with Gasteiger partial charge in [0.1, 0.15) is 5.75 Å². The summed E-state index contributed by atoms with van der Waals surface area (Å²) in [5.74, 6) is 0.418. The summed E-state index contributed by atoms with van der Waals surface area (Å²) in [5, 5.41) is 2.01. The lowest BCUT2D eigenvalue weighted by Crippen LogP contribution is -2.43. The molecular formula is C21H25NO4S. The zero-order valence-corrected chi connectivity index (χ0v) is 16.5. The fourth-order valence-corrected chi connectivity index (χ4v) is 3.88. The zero-order valence-electron chi connectivity index (χ0n) is 15.7. The molecule has 6 heteroatoms. The van der Waals surface area contributed by atoms with Crippen molar-refractivity contribution >= 4 is 23.0 Å². The zero-order chi connectivity index (χ0) is 19.2. The maximum Gasteiger partial charge on any atom is 0.263 e. The van der Waals surface area contributed by atoms with E-state index in [0.29, 0.717) is 24.4 Å². The number of hydrogen-bond donors (Lipinski definition) is 0. The van der Waals surface area contributed by atoms with E-state index in [9.17, 15) is 9.59 Å². The van der Waals surface area contributed by atoms with Gasteiger partial charge in [-0.15, -0.1) is 11.3 Å². The molecule has 0 bridgehead atoms. The predicted octanol–water partition coefficient (Wildman–Crippen LogP) is 3.93. The van der Waals surface area contributed by atoms with Crippen molar-refractivity contribution < 1.29 is 19.1 Å². The molecule has 1 saturated heterocycles. The standard InChI is InChI=1S/C21H25NO4S/c1-15(23)17-6-3-7-18(12-17)26-16(2)21(24)22(13-19-8-4-10-25-19)14-20-9-5-11-27-20/h3,5-7,9,11-12,16,19H,4,8,10,13-14H2,1-2H3/t16-,19+/m0/s1. The van der Waals surface area contributed by atoms with Crippen LogP contribution in [0.25, 0.3) is 0 Å². The van der Waals surface area contributed by atoms with E-state index < -0.39 is 6.10 Å². The second-order valence-electron chi connectivity index (χ2n) is 6.78. The van der Waals surface area contributed by atoms with Gasteiger partial charge in [0.2, 0.25) is 0 Å². The first-order valence-electron chi connectivity index (χ1n) is 9.23. The minimum atomic E-state index is -0.645. The quantitative estimate of drug-likeness (QED) is 0.644. The largest absolute Gasteiger partial charge is 0.481 e. The maximum atomic E-state index is 13.1. The van der Waals surface area contributed by atoms with Crippen molar-refractivity contribution in [3.63, 3.8) is 0 Å². The number of ketones is 1. The van der Waals surface area contributed by atoms with Crippen LogP contribution in [0.1, 0.15) is 41.9 Å². The SMILES string of the molecule is CC(=O)c1cccc(O[C@@H](C)C(=O)N(Cc2cccs2)C[C@H]2CCCO2)c1. The number of carbonyl (C=O) groups is 2. The van der Waals surface area contributed by atoms with Crippen molar-refractivity contribution in [2.24, 2.45) is 0 Å². The van der Waals surface area contributed by atoms with Crippen molar-refractivity contribution in [2.45, 2.75) is 45.4 Å². The number of rotatable bonds is 8. The van der Waals surface area contributed by atoms with Gasteiger partial charge in [-0.25, -0.2) is 0 Å². The smallest absolute Gasteiger partial charge is 0.263 e. The van der Waals surface area contributed by atoms with Gasteiger partial charge >= 0.3 is 0 Å². The molecule has 2 heterocycles. The number of amides is 1. The number of ether oxygens (including phenoxy) is 2. The molecule has 5 nitrogen and oxygen atoms in total. The lowest BCUT2D eigenvalue weighted by atomic mass is 10.1. The third-order valence-corrected chi connectivity index (χ3v) is 5.45. The summed E-state index contributed by atoms with van der Waals surface area (Å²) in [6.07, 6.45) is 1.45. The van der Waals surface area contributed by atoms with Crippen molar-refractivity contribution in [3.8, 4) is 5.75 Å². The molecule has 0 spiro atoms. The minimum Gasteiger partial charge on any atom is -0.481 e. The first-order valence-corrected chi connectivity index (χ1v) is 10.1. The summed E-state index contributed by atoms with van der Waals surface area (Å²) < 4.78 is 11.6. The Kier molecular flexibility index (Phi) is 6.63. The molecule has 1 aromatic heterocycles. The minimum absolute atomic E-state index is 0.0304. The van der Waals surface area contributed by atoms with Gasteiger partial charge in [-0.1, -0.05) is 18.2 Å². The van der Waals surface area contributed by atoms with Gasteiger partial charge in [0, 0.05) is 23.6 Å². The van der Waals surface area contributed by atoms with E-state index in [1.54, 1.807) is 42.5 Å². The molecule has 144 valence electrons. The number of Topliss-reactive ketones (excluding diaryl/α,β-unsaturated/α-hetero) is 1. The summed E-state index contributed by atoms with van der Waals surface area (Å²) in [6, 6.07) is 11.0. The average Bonchev–Trinajstić information content (AvgIpc) is 3.35. The number of nitrogens with zero attached hydrogens (tertiary/aromatic N) is 1. The Morgan fingerprint density at radius 3 is 2.85 bits per heavy atom. The fraction of sp³-hybridized carbons (Fsp3) is 0.429. The van der Waals surface area contributed by atoms with E-state index in [1.165, 1.54) is 6.92 Å². The summed E-state index contributed by atoms with van der Waals surface area (Å²) >= 11 is 1.63. The topological polar surface area (TPSA) is 55.8 Å². The second kappa shape index (κ2) is 9.15. The van der Waals surface area contributed by atoms with E-state index >= 15 is 0 Å². The normalized spacial score (nSPS) is 17.5. The van der Waals surface area contributed by atoms with Gasteiger partial charge < -0.3 is 14.4 Å². The van der Waals surface area contributed by atoms with Crippen LogP contribution in [0, 0.1) is 0 Å². The van der Waals surface area contributed by atoms with Crippen LogP contribution in [0.5, 0.6) is 5.75 Å². The number of thiophene rings is 1. The first kappa shape index (κ1) is 19.6. The molecule has 0 saturated carbocycles. The number of carbonyl (C=O) groups excluding carboxylic acids is 2. The van der Waals surface area contributed by atoms with Crippen LogP contribution in [0.15, 0.2) is 41.8 Å². The third-order valence-electron chi connectivity index (χ3n) is 4.59. The molecule has 0 unspecified atom stereocenters. The van der Waals surface area contributed by atoms with Crippen LogP contribution in [-0.2, 0) is 16.1 Å². The van der Waals surface area contributed by atoms with Crippen molar-refractivity contribution in [3.05, 3.63) is 52.2 Å². The number of hydrogen-bond acceptors (Lipinski definition) is 5. The van der Waals surface area contributed by atoms with Crippen molar-refractivity contribution in [1.29, 1.82) is 0 Å². The highest BCUT2D eigenvalue weighted by Crippen LogP contribution is 2.20. The Morgan fingerprint density at radius 2 is 2.19 bits per heavy atom. The summed E-state index contributed by atoms with van der Waals surface area (Å²) in [7, 11) is 0. The predicted molar refractivity (Wildman–Crippen MR) is 105 cm³/mol. The molecule has 1 aliphatic rings. The maximum absolute atomic E-state index is 13.1. The highest BCUT2D eigenvalue weighted by Gasteiger charge is 2.27. The average molecular weight is 388 g/mol. The Hall–Kier alpha value is -2.18. The van der Waals surface area contributed by atoms with Crippen LogP contribution < -0.4 is 4.74 Å². The van der Waals surface area contributed by atoms with E-state index in [4.69, 9.17) is 9.47 Å². The summed E-state index contributed by atoms with van der Waals surface area (Å²) in [4.78, 5) is 27.6. The van der Waals surface area contributed by atoms with Gasteiger partial charge in [0.05, 0.1) is 12.6 Å². The third kappa shape index (κ3) is 5.40. The van der Waals surface area contributed by atoms with Gasteiger partial charge in [0.25, 0.3) is 5.91 Å². The lowest BCUT2D eigenvalue weighted by Gasteiger charge is -2.28.